The Balaban J connectivity index is 1.69. The van der Waals surface area contributed by atoms with Crippen molar-refractivity contribution in [3.05, 3.63) is 53.1 Å². The Bertz CT molecular complexity index is 1050. The number of benzene rings is 2. The van der Waals surface area contributed by atoms with E-state index >= 15 is 0 Å². The monoisotopic (exact) mass is 467 g/mol. The van der Waals surface area contributed by atoms with E-state index in [0.29, 0.717) is 29.5 Å². The Morgan fingerprint density at radius 2 is 1.81 bits per heavy atom. The molecule has 1 heterocycles. The molecular weight excluding hydrogens is 446 g/mol. The number of halogens is 1. The van der Waals surface area contributed by atoms with Crippen LogP contribution in [0.3, 0.4) is 0 Å². The molecule has 0 radical (unpaired) electrons. The second kappa shape index (κ2) is 10.1. The van der Waals surface area contributed by atoms with Crippen LogP contribution in [-0.4, -0.2) is 64.5 Å². The highest BCUT2D eigenvalue weighted by atomic mass is 35.5. The second-order valence-electron chi connectivity index (χ2n) is 6.62. The summed E-state index contributed by atoms with van der Waals surface area (Å²) in [6.45, 7) is 0.850. The van der Waals surface area contributed by atoms with Crippen molar-refractivity contribution < 1.29 is 27.5 Å². The first-order chi connectivity index (χ1) is 14.8. The number of carbonyl (C=O) groups excluding carboxylic acids is 2. The Morgan fingerprint density at radius 3 is 2.45 bits per heavy atom. The average Bonchev–Trinajstić information content (AvgIpc) is 2.78. The summed E-state index contributed by atoms with van der Waals surface area (Å²) in [6, 6.07) is 10.4. The van der Waals surface area contributed by atoms with Gasteiger partial charge in [-0.2, -0.15) is 4.31 Å². The zero-order valence-corrected chi connectivity index (χ0v) is 18.3. The van der Waals surface area contributed by atoms with Crippen LogP contribution in [0.2, 0.25) is 5.02 Å². The highest BCUT2D eigenvalue weighted by molar-refractivity contribution is 7.89. The third-order valence-corrected chi connectivity index (χ3v) is 6.72. The molecule has 11 heteroatoms. The van der Waals surface area contributed by atoms with E-state index in [0.717, 1.165) is 0 Å². The Hall–Kier alpha value is -2.66. The van der Waals surface area contributed by atoms with Gasteiger partial charge in [0.1, 0.15) is 5.75 Å². The fraction of sp³-hybridized carbons (Fsp3) is 0.300. The third-order valence-electron chi connectivity index (χ3n) is 4.57. The fourth-order valence-corrected chi connectivity index (χ4v) is 4.50. The number of methoxy groups -OCH3 is 1. The molecule has 0 atom stereocenters. The summed E-state index contributed by atoms with van der Waals surface area (Å²) in [6.07, 6.45) is 0. The van der Waals surface area contributed by atoms with Crippen molar-refractivity contribution in [3.63, 3.8) is 0 Å². The highest BCUT2D eigenvalue weighted by Gasteiger charge is 2.27. The molecular formula is C20H22ClN3O6S. The molecule has 0 saturated carbocycles. The summed E-state index contributed by atoms with van der Waals surface area (Å²) in [7, 11) is -2.34. The minimum atomic E-state index is -3.74. The number of rotatable bonds is 7. The lowest BCUT2D eigenvalue weighted by Crippen LogP contribution is -2.40. The maximum atomic E-state index is 12.9. The molecule has 0 aromatic heterocycles. The van der Waals surface area contributed by atoms with Gasteiger partial charge in [0.25, 0.3) is 5.91 Å². The summed E-state index contributed by atoms with van der Waals surface area (Å²) in [5.41, 5.74) is 0.538. The lowest BCUT2D eigenvalue weighted by atomic mass is 10.2. The highest BCUT2D eigenvalue weighted by Crippen LogP contribution is 2.29. The average molecular weight is 468 g/mol. The predicted octanol–water partition coefficient (Wildman–Crippen LogP) is 1.74. The van der Waals surface area contributed by atoms with Crippen LogP contribution in [0.25, 0.3) is 0 Å². The molecule has 166 valence electrons. The topological polar surface area (TPSA) is 114 Å². The van der Waals surface area contributed by atoms with Crippen molar-refractivity contribution in [2.75, 3.05) is 45.3 Å². The van der Waals surface area contributed by atoms with Gasteiger partial charge in [0.15, 0.2) is 0 Å². The van der Waals surface area contributed by atoms with E-state index in [9.17, 15) is 18.0 Å². The van der Waals surface area contributed by atoms with E-state index in [-0.39, 0.29) is 30.2 Å². The van der Waals surface area contributed by atoms with Crippen LogP contribution in [0.15, 0.2) is 47.4 Å². The molecule has 1 aliphatic heterocycles. The van der Waals surface area contributed by atoms with Crippen LogP contribution in [-0.2, 0) is 19.6 Å². The smallest absolute Gasteiger partial charge is 0.251 e. The standard InChI is InChI=1S/C20H22ClN3O6S/c1-29-18-7-6-16(31(27,28)24-8-10-30-11-9-24)12-17(18)23-19(25)13-22-20(26)14-2-4-15(21)5-3-14/h2-7,12H,8-11,13H2,1H3,(H,22,26)(H,23,25). The minimum absolute atomic E-state index is 0.0238. The van der Waals surface area contributed by atoms with Crippen LogP contribution in [0.1, 0.15) is 10.4 Å². The number of nitrogens with one attached hydrogen (secondary N) is 2. The minimum Gasteiger partial charge on any atom is -0.495 e. The van der Waals surface area contributed by atoms with Crippen LogP contribution in [0.4, 0.5) is 5.69 Å². The van der Waals surface area contributed by atoms with Crippen LogP contribution in [0, 0.1) is 0 Å². The summed E-state index contributed by atoms with van der Waals surface area (Å²) >= 11 is 5.80. The fourth-order valence-electron chi connectivity index (χ4n) is 2.94. The summed E-state index contributed by atoms with van der Waals surface area (Å²) in [5, 5.41) is 5.58. The number of hydrogen-bond donors (Lipinski definition) is 2. The molecule has 1 fully saturated rings. The van der Waals surface area contributed by atoms with Crippen LogP contribution >= 0.6 is 11.6 Å². The van der Waals surface area contributed by atoms with Crippen molar-refractivity contribution in [1.29, 1.82) is 0 Å². The zero-order chi connectivity index (χ0) is 22.4. The van der Waals surface area contributed by atoms with Crippen molar-refractivity contribution in [3.8, 4) is 5.75 Å². The predicted molar refractivity (Wildman–Crippen MR) is 115 cm³/mol. The molecule has 2 aromatic carbocycles. The van der Waals surface area contributed by atoms with Crippen LogP contribution < -0.4 is 15.4 Å². The molecule has 2 amide bonds. The van der Waals surface area contributed by atoms with E-state index in [2.05, 4.69) is 10.6 Å². The number of amides is 2. The van der Waals surface area contributed by atoms with Gasteiger partial charge >= 0.3 is 0 Å². The van der Waals surface area contributed by atoms with Gasteiger partial charge < -0.3 is 20.1 Å². The summed E-state index contributed by atoms with van der Waals surface area (Å²) in [5.74, 6) is -0.692. The normalized spacial score (nSPS) is 14.6. The SMILES string of the molecule is COc1ccc(S(=O)(=O)N2CCOCC2)cc1NC(=O)CNC(=O)c1ccc(Cl)cc1. The van der Waals surface area contributed by atoms with E-state index < -0.39 is 21.8 Å². The van der Waals surface area contributed by atoms with Gasteiger partial charge in [-0.25, -0.2) is 8.42 Å². The molecule has 3 rings (SSSR count). The molecule has 1 aliphatic rings. The number of ether oxygens (including phenoxy) is 2. The number of anilines is 1. The van der Waals surface area contributed by atoms with Crippen molar-refractivity contribution >= 4 is 39.1 Å². The molecule has 0 unspecified atom stereocenters. The number of carbonyl (C=O) groups is 2. The molecule has 31 heavy (non-hydrogen) atoms. The molecule has 0 bridgehead atoms. The van der Waals surface area contributed by atoms with E-state index in [1.807, 2.05) is 0 Å². The summed E-state index contributed by atoms with van der Waals surface area (Å²) in [4.78, 5) is 24.5. The van der Waals surface area contributed by atoms with Crippen LogP contribution in [0.5, 0.6) is 5.75 Å². The van der Waals surface area contributed by atoms with Gasteiger partial charge in [-0.05, 0) is 42.5 Å². The van der Waals surface area contributed by atoms with Gasteiger partial charge in [0.2, 0.25) is 15.9 Å². The lowest BCUT2D eigenvalue weighted by molar-refractivity contribution is -0.115. The van der Waals surface area contributed by atoms with E-state index in [4.69, 9.17) is 21.1 Å². The molecule has 9 nitrogen and oxygen atoms in total. The number of sulfonamides is 1. The number of morpholine rings is 1. The Morgan fingerprint density at radius 1 is 1.13 bits per heavy atom. The van der Waals surface area contributed by atoms with E-state index in [1.165, 1.54) is 29.6 Å². The van der Waals surface area contributed by atoms with Gasteiger partial charge in [0, 0.05) is 23.7 Å². The van der Waals surface area contributed by atoms with Gasteiger partial charge in [-0.1, -0.05) is 11.6 Å². The quantitative estimate of drug-likeness (QED) is 0.641. The molecule has 0 aliphatic carbocycles. The number of nitrogens with zero attached hydrogens (tertiary/aromatic N) is 1. The first-order valence-corrected chi connectivity index (χ1v) is 11.2. The molecule has 2 N–H and O–H groups in total. The van der Waals surface area contributed by atoms with Crippen molar-refractivity contribution in [2.45, 2.75) is 4.90 Å². The first kappa shape index (κ1) is 23.0. The van der Waals surface area contributed by atoms with Gasteiger partial charge in [0.05, 0.1) is 37.5 Å². The van der Waals surface area contributed by atoms with Crippen molar-refractivity contribution in [2.24, 2.45) is 0 Å². The lowest BCUT2D eigenvalue weighted by Gasteiger charge is -2.26. The summed E-state index contributed by atoms with van der Waals surface area (Å²) < 4.78 is 37.5. The molecule has 0 spiro atoms. The van der Waals surface area contributed by atoms with Crippen molar-refractivity contribution in [1.82, 2.24) is 9.62 Å². The molecule has 1 saturated heterocycles. The molecule has 2 aromatic rings. The van der Waals surface area contributed by atoms with E-state index in [1.54, 1.807) is 24.3 Å². The maximum Gasteiger partial charge on any atom is 0.251 e. The Labute approximate surface area is 185 Å². The second-order valence-corrected chi connectivity index (χ2v) is 8.99. The van der Waals surface area contributed by atoms with Gasteiger partial charge in [-0.3, -0.25) is 9.59 Å². The first-order valence-electron chi connectivity index (χ1n) is 9.41. The third kappa shape index (κ3) is 5.73. The maximum absolute atomic E-state index is 12.9. The largest absolute Gasteiger partial charge is 0.495 e. The van der Waals surface area contributed by atoms with Gasteiger partial charge in [-0.15, -0.1) is 0 Å². The Kier molecular flexibility index (Phi) is 7.50. The zero-order valence-electron chi connectivity index (χ0n) is 16.8. The number of hydrogen-bond acceptors (Lipinski definition) is 6.